The Balaban J connectivity index is 1.73. The molecule has 3 aliphatic rings. The molecule has 0 bridgehead atoms. The molecule has 0 aromatic rings. The van der Waals surface area contributed by atoms with E-state index in [0.717, 1.165) is 19.4 Å². The van der Waals surface area contributed by atoms with Crippen molar-refractivity contribution in [1.29, 1.82) is 0 Å². The highest BCUT2D eigenvalue weighted by atomic mass is 16.5. The summed E-state index contributed by atoms with van der Waals surface area (Å²) in [6.07, 6.45) is 9.35. The minimum atomic E-state index is -0.589. The Kier molecular flexibility index (Phi) is 3.41. The highest BCUT2D eigenvalue weighted by Crippen LogP contribution is 2.51. The van der Waals surface area contributed by atoms with Gasteiger partial charge in [-0.25, -0.2) is 0 Å². The van der Waals surface area contributed by atoms with Gasteiger partial charge in [0, 0.05) is 13.7 Å². The summed E-state index contributed by atoms with van der Waals surface area (Å²) in [5.41, 5.74) is -0.492. The van der Waals surface area contributed by atoms with E-state index >= 15 is 0 Å². The smallest absolute Gasteiger partial charge is 0.0937 e. The van der Waals surface area contributed by atoms with Crippen molar-refractivity contribution in [2.24, 2.45) is 11.8 Å². The monoisotopic (exact) mass is 254 g/mol. The molecule has 0 amide bonds. The molecule has 1 heterocycles. The van der Waals surface area contributed by atoms with Gasteiger partial charge < -0.3 is 14.6 Å². The van der Waals surface area contributed by atoms with Gasteiger partial charge in [-0.05, 0) is 50.4 Å². The van der Waals surface area contributed by atoms with Crippen LogP contribution in [0.2, 0.25) is 0 Å². The average Bonchev–Trinajstić information content (AvgIpc) is 3.14. The molecule has 1 N–H and O–H groups in total. The van der Waals surface area contributed by atoms with E-state index in [1.54, 1.807) is 7.11 Å². The van der Waals surface area contributed by atoms with Crippen LogP contribution in [0.15, 0.2) is 0 Å². The minimum Gasteiger partial charge on any atom is -0.387 e. The van der Waals surface area contributed by atoms with Gasteiger partial charge in [0.05, 0.1) is 17.8 Å². The molecule has 3 fully saturated rings. The van der Waals surface area contributed by atoms with Crippen molar-refractivity contribution in [2.45, 2.75) is 62.6 Å². The molecule has 2 atom stereocenters. The lowest BCUT2D eigenvalue weighted by atomic mass is 9.73. The first-order chi connectivity index (χ1) is 8.69. The standard InChI is InChI=1S/C15H26O3/c1-17-11-15(16,12-4-5-12)13-6-9-18-14(10-13)7-2-3-8-14/h12-13,16H,2-11H2,1H3. The second kappa shape index (κ2) is 4.77. The van der Waals surface area contributed by atoms with E-state index in [9.17, 15) is 5.11 Å². The minimum absolute atomic E-state index is 0.0968. The van der Waals surface area contributed by atoms with Crippen molar-refractivity contribution in [3.8, 4) is 0 Å². The molecule has 0 aromatic heterocycles. The van der Waals surface area contributed by atoms with Crippen molar-refractivity contribution in [2.75, 3.05) is 20.3 Å². The fourth-order valence-electron chi connectivity index (χ4n) is 4.21. The Morgan fingerprint density at radius 3 is 2.56 bits per heavy atom. The van der Waals surface area contributed by atoms with Gasteiger partial charge in [-0.1, -0.05) is 12.8 Å². The van der Waals surface area contributed by atoms with E-state index < -0.39 is 5.60 Å². The summed E-state index contributed by atoms with van der Waals surface area (Å²) in [7, 11) is 1.71. The first-order valence-corrected chi connectivity index (χ1v) is 7.54. The SMILES string of the molecule is COCC(O)(C1CC1)C1CCOC2(CCCC2)C1. The van der Waals surface area contributed by atoms with E-state index in [4.69, 9.17) is 9.47 Å². The van der Waals surface area contributed by atoms with Gasteiger partial charge in [-0.15, -0.1) is 0 Å². The van der Waals surface area contributed by atoms with E-state index in [0.29, 0.717) is 18.4 Å². The molecule has 1 saturated heterocycles. The van der Waals surface area contributed by atoms with Crippen molar-refractivity contribution >= 4 is 0 Å². The molecule has 1 aliphatic heterocycles. The highest BCUT2D eigenvalue weighted by Gasteiger charge is 2.53. The van der Waals surface area contributed by atoms with Gasteiger partial charge in [0.1, 0.15) is 0 Å². The Bertz CT molecular complexity index is 294. The number of hydrogen-bond acceptors (Lipinski definition) is 3. The lowest BCUT2D eigenvalue weighted by Crippen LogP contribution is -2.51. The third-order valence-corrected chi connectivity index (χ3v) is 5.37. The molecule has 2 aliphatic carbocycles. The van der Waals surface area contributed by atoms with Crippen LogP contribution in [0, 0.1) is 11.8 Å². The van der Waals surface area contributed by atoms with Crippen LogP contribution >= 0.6 is 0 Å². The summed E-state index contributed by atoms with van der Waals surface area (Å²) in [5.74, 6) is 0.843. The molecule has 2 unspecified atom stereocenters. The van der Waals surface area contributed by atoms with Crippen LogP contribution in [-0.2, 0) is 9.47 Å². The Morgan fingerprint density at radius 2 is 1.94 bits per heavy atom. The summed E-state index contributed by atoms with van der Waals surface area (Å²) < 4.78 is 11.4. The molecule has 3 nitrogen and oxygen atoms in total. The zero-order valence-corrected chi connectivity index (χ0v) is 11.5. The van der Waals surface area contributed by atoms with Crippen LogP contribution in [0.1, 0.15) is 51.4 Å². The van der Waals surface area contributed by atoms with Gasteiger partial charge in [0.15, 0.2) is 0 Å². The van der Waals surface area contributed by atoms with Gasteiger partial charge in [-0.2, -0.15) is 0 Å². The van der Waals surface area contributed by atoms with E-state index in [1.165, 1.54) is 38.5 Å². The second-order valence-electron chi connectivity index (χ2n) is 6.63. The van der Waals surface area contributed by atoms with E-state index in [2.05, 4.69) is 0 Å². The summed E-state index contributed by atoms with van der Waals surface area (Å²) in [5, 5.41) is 11.0. The van der Waals surface area contributed by atoms with Gasteiger partial charge in [-0.3, -0.25) is 0 Å². The zero-order valence-electron chi connectivity index (χ0n) is 11.5. The molecule has 0 radical (unpaired) electrons. The molecular weight excluding hydrogens is 228 g/mol. The fourth-order valence-corrected chi connectivity index (χ4v) is 4.21. The van der Waals surface area contributed by atoms with Crippen molar-refractivity contribution in [3.05, 3.63) is 0 Å². The maximum atomic E-state index is 11.0. The number of ether oxygens (including phenoxy) is 2. The number of hydrogen-bond donors (Lipinski definition) is 1. The maximum Gasteiger partial charge on any atom is 0.0937 e. The number of rotatable bonds is 4. The normalized spacial score (nSPS) is 34.7. The quantitative estimate of drug-likeness (QED) is 0.838. The molecular formula is C15H26O3. The first kappa shape index (κ1) is 12.9. The summed E-state index contributed by atoms with van der Waals surface area (Å²) >= 11 is 0. The summed E-state index contributed by atoms with van der Waals surface area (Å²) in [6, 6.07) is 0. The lowest BCUT2D eigenvalue weighted by molar-refractivity contribution is -0.163. The third-order valence-electron chi connectivity index (χ3n) is 5.37. The summed E-state index contributed by atoms with van der Waals surface area (Å²) in [4.78, 5) is 0. The predicted molar refractivity (Wildman–Crippen MR) is 69.4 cm³/mol. The molecule has 18 heavy (non-hydrogen) atoms. The lowest BCUT2D eigenvalue weighted by Gasteiger charge is -2.45. The Morgan fingerprint density at radius 1 is 1.22 bits per heavy atom. The highest BCUT2D eigenvalue weighted by molar-refractivity contribution is 5.03. The zero-order chi connectivity index (χ0) is 12.6. The van der Waals surface area contributed by atoms with Crippen LogP contribution in [-0.4, -0.2) is 36.6 Å². The Labute approximate surface area is 110 Å². The largest absolute Gasteiger partial charge is 0.387 e. The van der Waals surface area contributed by atoms with Crippen molar-refractivity contribution < 1.29 is 14.6 Å². The molecule has 2 saturated carbocycles. The van der Waals surface area contributed by atoms with Gasteiger partial charge in [0.25, 0.3) is 0 Å². The van der Waals surface area contributed by atoms with Crippen LogP contribution in [0.5, 0.6) is 0 Å². The summed E-state index contributed by atoms with van der Waals surface area (Å²) in [6.45, 7) is 1.32. The van der Waals surface area contributed by atoms with Crippen molar-refractivity contribution in [1.82, 2.24) is 0 Å². The second-order valence-corrected chi connectivity index (χ2v) is 6.63. The molecule has 1 spiro atoms. The fraction of sp³-hybridized carbons (Fsp3) is 1.00. The van der Waals surface area contributed by atoms with Gasteiger partial charge >= 0.3 is 0 Å². The molecule has 3 heteroatoms. The predicted octanol–water partition coefficient (Wildman–Crippen LogP) is 2.51. The molecule has 104 valence electrons. The number of aliphatic hydroxyl groups is 1. The van der Waals surface area contributed by atoms with E-state index in [1.807, 2.05) is 0 Å². The van der Waals surface area contributed by atoms with Crippen LogP contribution in [0.25, 0.3) is 0 Å². The van der Waals surface area contributed by atoms with Crippen LogP contribution in [0.3, 0.4) is 0 Å². The number of methoxy groups -OCH3 is 1. The van der Waals surface area contributed by atoms with Crippen molar-refractivity contribution in [3.63, 3.8) is 0 Å². The van der Waals surface area contributed by atoms with Gasteiger partial charge in [0.2, 0.25) is 0 Å². The van der Waals surface area contributed by atoms with Crippen LogP contribution in [0.4, 0.5) is 0 Å². The third kappa shape index (κ3) is 2.21. The average molecular weight is 254 g/mol. The first-order valence-electron chi connectivity index (χ1n) is 7.54. The maximum absolute atomic E-state index is 11.0. The Hall–Kier alpha value is -0.120. The topological polar surface area (TPSA) is 38.7 Å². The molecule has 3 rings (SSSR count). The molecule has 0 aromatic carbocycles. The van der Waals surface area contributed by atoms with Crippen LogP contribution < -0.4 is 0 Å². The van der Waals surface area contributed by atoms with E-state index in [-0.39, 0.29) is 5.60 Å².